The van der Waals surface area contributed by atoms with Crippen molar-refractivity contribution in [1.82, 2.24) is 10.2 Å². The molecule has 0 N–H and O–H groups in total. The zero-order valence-electron chi connectivity index (χ0n) is 10.3. The Morgan fingerprint density at radius 1 is 0.947 bits per heavy atom. The van der Waals surface area contributed by atoms with E-state index in [1.165, 1.54) is 0 Å². The molecule has 0 fully saturated rings. The van der Waals surface area contributed by atoms with Gasteiger partial charge in [-0.25, -0.2) is 0 Å². The van der Waals surface area contributed by atoms with Gasteiger partial charge in [-0.15, -0.1) is 10.2 Å². The molecule has 1 aromatic heterocycles. The quantitative estimate of drug-likeness (QED) is 0.707. The lowest BCUT2D eigenvalue weighted by atomic mass is 10.1. The Labute approximate surface area is 115 Å². The number of rotatable bonds is 2. The third-order valence-corrected chi connectivity index (χ3v) is 3.27. The SMILES string of the molecule is COc1ccc2c(Cl)nnc(-c3ccccc3)c2c1. The van der Waals surface area contributed by atoms with Crippen LogP contribution < -0.4 is 4.74 Å². The van der Waals surface area contributed by atoms with E-state index in [4.69, 9.17) is 16.3 Å². The number of methoxy groups -OCH3 is 1. The second-order valence-electron chi connectivity index (χ2n) is 4.12. The van der Waals surface area contributed by atoms with E-state index < -0.39 is 0 Å². The summed E-state index contributed by atoms with van der Waals surface area (Å²) in [6.45, 7) is 0. The lowest BCUT2D eigenvalue weighted by Gasteiger charge is -2.08. The molecule has 0 aliphatic carbocycles. The number of hydrogen-bond donors (Lipinski definition) is 0. The number of benzene rings is 2. The first kappa shape index (κ1) is 11.9. The van der Waals surface area contributed by atoms with Gasteiger partial charge in [0.15, 0.2) is 5.15 Å². The van der Waals surface area contributed by atoms with Crippen molar-refractivity contribution >= 4 is 22.4 Å². The van der Waals surface area contributed by atoms with Gasteiger partial charge in [-0.05, 0) is 18.2 Å². The molecule has 0 bridgehead atoms. The highest BCUT2D eigenvalue weighted by molar-refractivity contribution is 6.34. The van der Waals surface area contributed by atoms with E-state index in [-0.39, 0.29) is 0 Å². The minimum atomic E-state index is 0.400. The predicted octanol–water partition coefficient (Wildman–Crippen LogP) is 3.96. The summed E-state index contributed by atoms with van der Waals surface area (Å²) < 4.78 is 5.26. The molecule has 3 aromatic rings. The maximum Gasteiger partial charge on any atom is 0.159 e. The summed E-state index contributed by atoms with van der Waals surface area (Å²) in [5.74, 6) is 0.772. The van der Waals surface area contributed by atoms with Gasteiger partial charge in [0.2, 0.25) is 0 Å². The summed E-state index contributed by atoms with van der Waals surface area (Å²) in [6.07, 6.45) is 0. The van der Waals surface area contributed by atoms with E-state index in [2.05, 4.69) is 10.2 Å². The molecule has 4 heteroatoms. The number of hydrogen-bond acceptors (Lipinski definition) is 3. The maximum atomic E-state index is 6.10. The highest BCUT2D eigenvalue weighted by Crippen LogP contribution is 2.31. The van der Waals surface area contributed by atoms with E-state index in [9.17, 15) is 0 Å². The second kappa shape index (κ2) is 4.86. The zero-order chi connectivity index (χ0) is 13.2. The van der Waals surface area contributed by atoms with Gasteiger partial charge in [0.1, 0.15) is 11.4 Å². The third kappa shape index (κ3) is 2.13. The Morgan fingerprint density at radius 2 is 1.74 bits per heavy atom. The largest absolute Gasteiger partial charge is 0.497 e. The van der Waals surface area contributed by atoms with Crippen molar-refractivity contribution in [2.24, 2.45) is 0 Å². The van der Waals surface area contributed by atoms with Crippen LogP contribution in [0.2, 0.25) is 5.15 Å². The van der Waals surface area contributed by atoms with Crippen LogP contribution >= 0.6 is 11.6 Å². The molecule has 3 nitrogen and oxygen atoms in total. The molecular weight excluding hydrogens is 260 g/mol. The highest BCUT2D eigenvalue weighted by Gasteiger charge is 2.10. The molecule has 0 amide bonds. The van der Waals surface area contributed by atoms with Crippen molar-refractivity contribution in [2.45, 2.75) is 0 Å². The van der Waals surface area contributed by atoms with Crippen molar-refractivity contribution in [3.8, 4) is 17.0 Å². The van der Waals surface area contributed by atoms with Gasteiger partial charge in [0, 0.05) is 16.3 Å². The van der Waals surface area contributed by atoms with Crippen molar-refractivity contribution in [3.63, 3.8) is 0 Å². The lowest BCUT2D eigenvalue weighted by molar-refractivity contribution is 0.415. The van der Waals surface area contributed by atoms with Crippen molar-refractivity contribution in [3.05, 3.63) is 53.7 Å². The number of fused-ring (bicyclic) bond motifs is 1. The van der Waals surface area contributed by atoms with Gasteiger partial charge < -0.3 is 4.74 Å². The van der Waals surface area contributed by atoms with E-state index in [0.717, 1.165) is 27.8 Å². The molecule has 19 heavy (non-hydrogen) atoms. The average Bonchev–Trinajstić information content (AvgIpc) is 2.48. The Balaban J connectivity index is 2.33. The van der Waals surface area contributed by atoms with Gasteiger partial charge in [0.05, 0.1) is 7.11 Å². The van der Waals surface area contributed by atoms with Crippen molar-refractivity contribution in [1.29, 1.82) is 0 Å². The molecule has 0 atom stereocenters. The minimum Gasteiger partial charge on any atom is -0.497 e. The van der Waals surface area contributed by atoms with E-state index >= 15 is 0 Å². The Kier molecular flexibility index (Phi) is 3.05. The molecular formula is C15H11ClN2O. The summed E-state index contributed by atoms with van der Waals surface area (Å²) in [6, 6.07) is 15.6. The van der Waals surface area contributed by atoms with Crippen LogP contribution in [0.4, 0.5) is 0 Å². The number of aromatic nitrogens is 2. The fourth-order valence-electron chi connectivity index (χ4n) is 2.04. The predicted molar refractivity (Wildman–Crippen MR) is 76.5 cm³/mol. The van der Waals surface area contributed by atoms with E-state index in [1.54, 1.807) is 7.11 Å². The first-order chi connectivity index (χ1) is 9.29. The average molecular weight is 271 g/mol. The monoisotopic (exact) mass is 270 g/mol. The van der Waals surface area contributed by atoms with Crippen LogP contribution in [-0.4, -0.2) is 17.3 Å². The van der Waals surface area contributed by atoms with Gasteiger partial charge in [-0.1, -0.05) is 41.9 Å². The molecule has 0 saturated carbocycles. The van der Waals surface area contributed by atoms with Crippen molar-refractivity contribution < 1.29 is 4.74 Å². The Morgan fingerprint density at radius 3 is 2.47 bits per heavy atom. The highest BCUT2D eigenvalue weighted by atomic mass is 35.5. The van der Waals surface area contributed by atoms with Gasteiger partial charge in [0.25, 0.3) is 0 Å². The first-order valence-electron chi connectivity index (χ1n) is 5.85. The summed E-state index contributed by atoms with van der Waals surface area (Å²) in [4.78, 5) is 0. The number of nitrogens with zero attached hydrogens (tertiary/aromatic N) is 2. The van der Waals surface area contributed by atoms with E-state index in [1.807, 2.05) is 48.5 Å². The number of halogens is 1. The summed E-state index contributed by atoms with van der Waals surface area (Å²) in [5.41, 5.74) is 1.81. The van der Waals surface area contributed by atoms with Crippen LogP contribution in [-0.2, 0) is 0 Å². The normalized spacial score (nSPS) is 10.6. The third-order valence-electron chi connectivity index (χ3n) is 2.99. The van der Waals surface area contributed by atoms with Crippen LogP contribution in [0.25, 0.3) is 22.0 Å². The van der Waals surface area contributed by atoms with Gasteiger partial charge in [-0.3, -0.25) is 0 Å². The molecule has 0 saturated heterocycles. The molecule has 0 aliphatic rings. The zero-order valence-corrected chi connectivity index (χ0v) is 11.1. The molecule has 1 heterocycles. The first-order valence-corrected chi connectivity index (χ1v) is 6.23. The summed E-state index contributed by atoms with van der Waals surface area (Å²) in [5, 5.41) is 10.4. The Hall–Kier alpha value is -2.13. The molecule has 0 spiro atoms. The molecule has 0 aliphatic heterocycles. The fraction of sp³-hybridized carbons (Fsp3) is 0.0667. The molecule has 3 rings (SSSR count). The van der Waals surface area contributed by atoms with Crippen LogP contribution in [0, 0.1) is 0 Å². The van der Waals surface area contributed by atoms with Crippen LogP contribution in [0.3, 0.4) is 0 Å². The standard InChI is InChI=1S/C15H11ClN2O/c1-19-11-7-8-12-13(9-11)14(17-18-15(12)16)10-5-3-2-4-6-10/h2-9H,1H3. The Bertz CT molecular complexity index is 729. The van der Waals surface area contributed by atoms with Crippen LogP contribution in [0.15, 0.2) is 48.5 Å². The topological polar surface area (TPSA) is 35.0 Å². The molecule has 2 aromatic carbocycles. The van der Waals surface area contributed by atoms with Crippen molar-refractivity contribution in [2.75, 3.05) is 7.11 Å². The summed E-state index contributed by atoms with van der Waals surface area (Å²) in [7, 11) is 1.64. The summed E-state index contributed by atoms with van der Waals surface area (Å²) >= 11 is 6.10. The van der Waals surface area contributed by atoms with Crippen LogP contribution in [0.1, 0.15) is 0 Å². The molecule has 0 radical (unpaired) electrons. The lowest BCUT2D eigenvalue weighted by Crippen LogP contribution is -1.92. The minimum absolute atomic E-state index is 0.400. The fourth-order valence-corrected chi connectivity index (χ4v) is 2.24. The number of ether oxygens (including phenoxy) is 1. The second-order valence-corrected chi connectivity index (χ2v) is 4.47. The van der Waals surface area contributed by atoms with Gasteiger partial charge >= 0.3 is 0 Å². The molecule has 0 unspecified atom stereocenters. The smallest absolute Gasteiger partial charge is 0.159 e. The molecule has 94 valence electrons. The van der Waals surface area contributed by atoms with Gasteiger partial charge in [-0.2, -0.15) is 0 Å². The van der Waals surface area contributed by atoms with Crippen LogP contribution in [0.5, 0.6) is 5.75 Å². The van der Waals surface area contributed by atoms with E-state index in [0.29, 0.717) is 5.15 Å². The maximum absolute atomic E-state index is 6.10.